The molecule has 2 aromatic carbocycles. The minimum absolute atomic E-state index is 0.0849. The number of piperidine rings is 1. The summed E-state index contributed by atoms with van der Waals surface area (Å²) in [6, 6.07) is 8.60. The molecule has 35 heavy (non-hydrogen) atoms. The van der Waals surface area contributed by atoms with Crippen LogP contribution in [0.15, 0.2) is 24.3 Å². The Labute approximate surface area is 205 Å². The highest BCUT2D eigenvalue weighted by atomic mass is 16.5. The fourth-order valence-electron chi connectivity index (χ4n) is 8.93. The molecule has 3 N–H and O–H groups in total. The molecule has 1 spiro atoms. The van der Waals surface area contributed by atoms with Gasteiger partial charge < -0.3 is 19.9 Å². The van der Waals surface area contributed by atoms with E-state index in [1.54, 1.807) is 6.07 Å². The van der Waals surface area contributed by atoms with Crippen molar-refractivity contribution in [2.75, 3.05) is 13.1 Å². The maximum absolute atomic E-state index is 13.0. The molecule has 5 nitrogen and oxygen atoms in total. The van der Waals surface area contributed by atoms with Crippen molar-refractivity contribution in [2.45, 2.75) is 80.9 Å². The zero-order chi connectivity index (χ0) is 23.1. The predicted molar refractivity (Wildman–Crippen MR) is 133 cm³/mol. The van der Waals surface area contributed by atoms with Gasteiger partial charge in [-0.15, -0.1) is 0 Å². The Morgan fingerprint density at radius 3 is 2.80 bits per heavy atom. The fourth-order valence-corrected chi connectivity index (χ4v) is 8.93. The molecule has 5 heteroatoms. The second-order valence-corrected chi connectivity index (χ2v) is 12.3. The summed E-state index contributed by atoms with van der Waals surface area (Å²) >= 11 is 0. The lowest BCUT2D eigenvalue weighted by Crippen LogP contribution is -2.74. The van der Waals surface area contributed by atoms with Gasteiger partial charge in [-0.25, -0.2) is 0 Å². The predicted octanol–water partition coefficient (Wildman–Crippen LogP) is 4.45. The number of H-pyrrole nitrogens is 1. The Bertz CT molecular complexity index is 1440. The van der Waals surface area contributed by atoms with Crippen LogP contribution in [0.1, 0.15) is 71.7 Å². The summed E-state index contributed by atoms with van der Waals surface area (Å²) in [6.45, 7) is 2.09. The van der Waals surface area contributed by atoms with Crippen molar-refractivity contribution >= 4 is 10.9 Å². The first-order chi connectivity index (χ1) is 17.1. The van der Waals surface area contributed by atoms with Crippen LogP contribution in [-0.4, -0.2) is 44.8 Å². The summed E-state index contributed by atoms with van der Waals surface area (Å²) in [4.78, 5) is 6.48. The van der Waals surface area contributed by atoms with Crippen LogP contribution in [0.25, 0.3) is 10.9 Å². The van der Waals surface area contributed by atoms with E-state index in [0.717, 1.165) is 55.9 Å². The van der Waals surface area contributed by atoms with Crippen molar-refractivity contribution in [3.8, 4) is 11.5 Å². The summed E-state index contributed by atoms with van der Waals surface area (Å²) in [5.74, 6) is 1.62. The van der Waals surface area contributed by atoms with E-state index >= 15 is 0 Å². The highest BCUT2D eigenvalue weighted by Crippen LogP contribution is 2.69. The molecular weight excluding hydrogens is 436 g/mol. The maximum Gasteiger partial charge on any atom is 0.166 e. The highest BCUT2D eigenvalue weighted by molar-refractivity contribution is 5.90. The van der Waals surface area contributed by atoms with E-state index in [1.165, 1.54) is 58.8 Å². The average molecular weight is 469 g/mol. The Balaban J connectivity index is 1.32. The third-order valence-electron chi connectivity index (χ3n) is 10.7. The molecule has 0 radical (unpaired) electrons. The van der Waals surface area contributed by atoms with Crippen LogP contribution in [0.2, 0.25) is 0 Å². The SMILES string of the molecule is Oc1ccc2c3c1O[C@H]1c4[nH]c5c6c(ccc5c4C[C@@]4(O)[C@@H](C2)N(CC2CC2)CC[C@]314)CCCC6. The number of nitrogens with zero attached hydrogens (tertiary/aromatic N) is 1. The molecule has 1 saturated heterocycles. The number of aliphatic hydroxyl groups is 1. The van der Waals surface area contributed by atoms with Gasteiger partial charge in [0, 0.05) is 35.5 Å². The van der Waals surface area contributed by atoms with E-state index in [1.807, 2.05) is 0 Å². The molecule has 1 saturated carbocycles. The third kappa shape index (κ3) is 2.20. The minimum atomic E-state index is -0.908. The summed E-state index contributed by atoms with van der Waals surface area (Å²) in [5.41, 5.74) is 7.52. The molecule has 3 heterocycles. The number of aromatic hydroxyl groups is 1. The second kappa shape index (κ2) is 6.24. The number of aryl methyl sites for hydroxylation is 2. The number of ether oxygens (including phenoxy) is 1. The van der Waals surface area contributed by atoms with E-state index < -0.39 is 11.0 Å². The first-order valence-electron chi connectivity index (χ1n) is 13.7. The standard InChI is InChI=1S/C30H32N2O3/c33-22-10-8-18-13-23-30(34)14-21-20-9-7-17-3-1-2-4-19(17)25(20)31-26(21)28-29(30,24(18)27(22)35-28)11-12-32(23)15-16-5-6-16/h7-10,16,23,28,31,33-34H,1-6,11-15H2/t23-,28+,29+,30-/m1/s1. The lowest BCUT2D eigenvalue weighted by molar-refractivity contribution is -0.173. The highest BCUT2D eigenvalue weighted by Gasteiger charge is 2.72. The molecule has 0 amide bonds. The molecule has 6 aliphatic rings. The van der Waals surface area contributed by atoms with Crippen molar-refractivity contribution in [2.24, 2.45) is 5.92 Å². The lowest BCUT2D eigenvalue weighted by Gasteiger charge is -2.62. The first kappa shape index (κ1) is 19.7. The molecular formula is C30H32N2O3. The lowest BCUT2D eigenvalue weighted by atomic mass is 9.49. The van der Waals surface area contributed by atoms with Crippen LogP contribution in [0.5, 0.6) is 11.5 Å². The monoisotopic (exact) mass is 468 g/mol. The number of aromatic amines is 1. The summed E-state index contributed by atoms with van der Waals surface area (Å²) in [5, 5.41) is 25.1. The smallest absolute Gasteiger partial charge is 0.166 e. The molecule has 2 fully saturated rings. The van der Waals surface area contributed by atoms with E-state index in [0.29, 0.717) is 12.2 Å². The van der Waals surface area contributed by atoms with Gasteiger partial charge in [-0.3, -0.25) is 4.90 Å². The zero-order valence-electron chi connectivity index (χ0n) is 20.1. The zero-order valence-corrected chi connectivity index (χ0v) is 20.1. The van der Waals surface area contributed by atoms with Gasteiger partial charge in [-0.05, 0) is 92.1 Å². The average Bonchev–Trinajstić information content (AvgIpc) is 3.49. The Hall–Kier alpha value is -2.50. The van der Waals surface area contributed by atoms with Crippen molar-refractivity contribution in [1.82, 2.24) is 9.88 Å². The van der Waals surface area contributed by atoms with Crippen LogP contribution < -0.4 is 4.74 Å². The number of fused-ring (bicyclic) bond motifs is 6. The van der Waals surface area contributed by atoms with Crippen LogP contribution in [0.4, 0.5) is 0 Å². The number of phenolic OH excluding ortho intramolecular Hbond substituents is 1. The first-order valence-corrected chi connectivity index (χ1v) is 13.7. The number of rotatable bonds is 2. The van der Waals surface area contributed by atoms with Gasteiger partial charge in [0.15, 0.2) is 17.6 Å². The van der Waals surface area contributed by atoms with Gasteiger partial charge in [0.1, 0.15) is 0 Å². The van der Waals surface area contributed by atoms with Crippen molar-refractivity contribution < 1.29 is 14.9 Å². The molecule has 2 aliphatic heterocycles. The number of hydrogen-bond acceptors (Lipinski definition) is 4. The van der Waals surface area contributed by atoms with Crippen LogP contribution in [0, 0.1) is 5.92 Å². The van der Waals surface area contributed by atoms with E-state index in [-0.39, 0.29) is 17.9 Å². The molecule has 180 valence electrons. The topological polar surface area (TPSA) is 68.7 Å². The van der Waals surface area contributed by atoms with Gasteiger partial charge >= 0.3 is 0 Å². The van der Waals surface area contributed by atoms with Gasteiger partial charge in [-0.2, -0.15) is 0 Å². The second-order valence-electron chi connectivity index (χ2n) is 12.3. The summed E-state index contributed by atoms with van der Waals surface area (Å²) in [7, 11) is 0. The number of likely N-dealkylation sites (tertiary alicyclic amines) is 1. The van der Waals surface area contributed by atoms with Gasteiger partial charge in [0.05, 0.1) is 16.7 Å². The largest absolute Gasteiger partial charge is 0.504 e. The van der Waals surface area contributed by atoms with Gasteiger partial charge in [0.25, 0.3) is 0 Å². The molecule has 0 unspecified atom stereocenters. The maximum atomic E-state index is 13.0. The summed E-state index contributed by atoms with van der Waals surface area (Å²) < 4.78 is 6.74. The Kier molecular flexibility index (Phi) is 3.51. The van der Waals surface area contributed by atoms with Crippen LogP contribution >= 0.6 is 0 Å². The van der Waals surface area contributed by atoms with E-state index in [4.69, 9.17) is 4.74 Å². The Morgan fingerprint density at radius 2 is 1.91 bits per heavy atom. The van der Waals surface area contributed by atoms with E-state index in [2.05, 4.69) is 28.1 Å². The normalized spacial score (nSPS) is 34.3. The molecule has 3 aromatic rings. The number of hydrogen-bond donors (Lipinski definition) is 3. The molecule has 4 aliphatic carbocycles. The van der Waals surface area contributed by atoms with Crippen molar-refractivity contribution in [3.05, 3.63) is 57.8 Å². The van der Waals surface area contributed by atoms with Gasteiger partial charge in [-0.1, -0.05) is 18.2 Å². The number of aromatic nitrogens is 1. The number of phenols is 1. The molecule has 1 aromatic heterocycles. The summed E-state index contributed by atoms with van der Waals surface area (Å²) in [6.07, 6.45) is 9.51. The minimum Gasteiger partial charge on any atom is -0.504 e. The van der Waals surface area contributed by atoms with Crippen molar-refractivity contribution in [3.63, 3.8) is 0 Å². The molecule has 2 bridgehead atoms. The fraction of sp³-hybridized carbons (Fsp3) is 0.533. The van der Waals surface area contributed by atoms with Crippen LogP contribution in [-0.2, 0) is 31.1 Å². The van der Waals surface area contributed by atoms with Crippen molar-refractivity contribution in [1.29, 1.82) is 0 Å². The quantitative estimate of drug-likeness (QED) is 0.520. The van der Waals surface area contributed by atoms with Crippen LogP contribution in [0.3, 0.4) is 0 Å². The molecule has 9 rings (SSSR count). The van der Waals surface area contributed by atoms with Gasteiger partial charge in [0.2, 0.25) is 0 Å². The van der Waals surface area contributed by atoms with E-state index in [9.17, 15) is 10.2 Å². The molecule has 4 atom stereocenters. The number of nitrogens with one attached hydrogen (secondary N) is 1. The number of benzene rings is 2. The third-order valence-corrected chi connectivity index (χ3v) is 10.7. The Morgan fingerprint density at radius 1 is 1.06 bits per heavy atom.